The molecule has 94 valence electrons. The zero-order chi connectivity index (χ0) is 12.5. The summed E-state index contributed by atoms with van der Waals surface area (Å²) in [5.74, 6) is 0. The van der Waals surface area contributed by atoms with Crippen LogP contribution in [0.1, 0.15) is 25.3 Å². The number of likely N-dealkylation sites (tertiary alicyclic amines) is 1. The third kappa shape index (κ3) is 3.03. The molecule has 1 nitrogen and oxygen atoms in total. The Bertz CT molecular complexity index is 392. The highest BCUT2D eigenvalue weighted by atomic mass is 19.4. The first-order chi connectivity index (χ1) is 7.97. The van der Waals surface area contributed by atoms with E-state index < -0.39 is 12.4 Å². The first kappa shape index (κ1) is 12.5. The van der Waals surface area contributed by atoms with E-state index in [9.17, 15) is 12.9 Å². The average molecular weight is 242 g/mol. The topological polar surface area (TPSA) is 3.24 Å². The van der Waals surface area contributed by atoms with Gasteiger partial charge in [0, 0.05) is 12.6 Å². The summed E-state index contributed by atoms with van der Waals surface area (Å²) >= 11 is 0. The molecule has 1 atom stereocenters. The van der Waals surface area contributed by atoms with Crippen LogP contribution in [0.2, 0.25) is 0 Å². The van der Waals surface area contributed by atoms with Crippen LogP contribution in [-0.2, 0) is 6.54 Å². The van der Waals surface area contributed by atoms with E-state index in [0.717, 1.165) is 31.0 Å². The second-order valence-corrected chi connectivity index (χ2v) is 4.78. The molecule has 0 aromatic heterocycles. The third-order valence-corrected chi connectivity index (χ3v) is 3.41. The van der Waals surface area contributed by atoms with Gasteiger partial charge in [-0.1, -0.05) is 24.3 Å². The van der Waals surface area contributed by atoms with Crippen molar-refractivity contribution in [1.82, 2.24) is 4.90 Å². The lowest BCUT2D eigenvalue weighted by molar-refractivity contribution is 0.260. The van der Waals surface area contributed by atoms with E-state index in [1.165, 1.54) is 12.1 Å². The minimum Gasteiger partial charge on any atom is -0.445 e. The number of rotatable bonds is 3. The fourth-order valence-electron chi connectivity index (χ4n) is 2.36. The fourth-order valence-corrected chi connectivity index (χ4v) is 2.36. The molecule has 1 aliphatic heterocycles. The molecule has 0 spiro atoms. The molecule has 2 rings (SSSR count). The van der Waals surface area contributed by atoms with Gasteiger partial charge in [0.25, 0.3) is 0 Å². The smallest absolute Gasteiger partial charge is 0.445 e. The molecule has 5 heteroatoms. The zero-order valence-electron chi connectivity index (χ0n) is 9.87. The highest BCUT2D eigenvalue weighted by Gasteiger charge is 2.26. The van der Waals surface area contributed by atoms with Gasteiger partial charge in [-0.15, -0.1) is 5.46 Å². The van der Waals surface area contributed by atoms with Crippen molar-refractivity contribution in [2.24, 2.45) is 0 Å². The quantitative estimate of drug-likeness (QED) is 0.736. The van der Waals surface area contributed by atoms with E-state index in [2.05, 4.69) is 11.8 Å². The molecular weight excluding hydrogens is 226 g/mol. The summed E-state index contributed by atoms with van der Waals surface area (Å²) in [6.45, 7) is -1.13. The van der Waals surface area contributed by atoms with Crippen molar-refractivity contribution in [3.63, 3.8) is 0 Å². The van der Waals surface area contributed by atoms with Gasteiger partial charge in [0.15, 0.2) is 0 Å². The van der Waals surface area contributed by atoms with E-state index in [0.29, 0.717) is 12.6 Å². The molecule has 0 saturated carbocycles. The molecule has 0 radical (unpaired) electrons. The Labute approximate surface area is 99.7 Å². The van der Waals surface area contributed by atoms with Crippen molar-refractivity contribution in [2.75, 3.05) is 6.54 Å². The predicted molar refractivity (Wildman–Crippen MR) is 64.3 cm³/mol. The van der Waals surface area contributed by atoms with E-state index in [-0.39, 0.29) is 0 Å². The minimum absolute atomic E-state index is 0.482. The Morgan fingerprint density at radius 3 is 2.71 bits per heavy atom. The van der Waals surface area contributed by atoms with Crippen LogP contribution in [0.15, 0.2) is 24.3 Å². The largest absolute Gasteiger partial charge is 0.509 e. The molecule has 1 aliphatic rings. The van der Waals surface area contributed by atoms with Gasteiger partial charge >= 0.3 is 6.98 Å². The standard InChI is InChI=1S/C12H16BF3N/c1-10-4-3-7-17(10)9-11-5-2-6-12(8-11)13(14,15)16/h2,5-6,8,10H,3-4,7,9H2,1H3/q-1. The molecule has 0 N–H and O–H groups in total. The van der Waals surface area contributed by atoms with Crippen molar-refractivity contribution in [3.05, 3.63) is 29.8 Å². The molecule has 0 bridgehead atoms. The Hall–Kier alpha value is -0.965. The maximum Gasteiger partial charge on any atom is 0.509 e. The molecule has 17 heavy (non-hydrogen) atoms. The molecule has 1 fully saturated rings. The van der Waals surface area contributed by atoms with Gasteiger partial charge < -0.3 is 12.9 Å². The first-order valence-corrected chi connectivity index (χ1v) is 5.99. The van der Waals surface area contributed by atoms with Crippen molar-refractivity contribution < 1.29 is 12.9 Å². The van der Waals surface area contributed by atoms with Crippen LogP contribution in [0.4, 0.5) is 12.9 Å². The maximum atomic E-state index is 12.6. The van der Waals surface area contributed by atoms with Crippen LogP contribution < -0.4 is 5.46 Å². The van der Waals surface area contributed by atoms with Crippen molar-refractivity contribution >= 4 is 12.4 Å². The SMILES string of the molecule is CC1CCCN1Cc1cccc([B-](F)(F)F)c1. The Kier molecular flexibility index (Phi) is 3.47. The fraction of sp³-hybridized carbons (Fsp3) is 0.500. The molecule has 1 saturated heterocycles. The normalized spacial score (nSPS) is 22.0. The lowest BCUT2D eigenvalue weighted by Crippen LogP contribution is -2.34. The van der Waals surface area contributed by atoms with Crippen LogP contribution in [0.25, 0.3) is 0 Å². The van der Waals surface area contributed by atoms with Gasteiger partial charge in [-0.2, -0.15) is 0 Å². The summed E-state index contributed by atoms with van der Waals surface area (Å²) in [5.41, 5.74) is 0.268. The van der Waals surface area contributed by atoms with Gasteiger partial charge in [0.1, 0.15) is 0 Å². The maximum absolute atomic E-state index is 12.6. The zero-order valence-corrected chi connectivity index (χ0v) is 9.87. The Morgan fingerprint density at radius 2 is 2.12 bits per heavy atom. The summed E-state index contributed by atoms with van der Waals surface area (Å²) < 4.78 is 37.8. The van der Waals surface area contributed by atoms with Crippen molar-refractivity contribution in [3.8, 4) is 0 Å². The Balaban J connectivity index is 2.11. The van der Waals surface area contributed by atoms with E-state index >= 15 is 0 Å². The van der Waals surface area contributed by atoms with Gasteiger partial charge in [0.05, 0.1) is 0 Å². The van der Waals surface area contributed by atoms with Gasteiger partial charge in [-0.05, 0) is 31.9 Å². The van der Waals surface area contributed by atoms with Crippen LogP contribution in [0, 0.1) is 0 Å². The van der Waals surface area contributed by atoms with Gasteiger partial charge in [-0.25, -0.2) is 0 Å². The lowest BCUT2D eigenvalue weighted by Gasteiger charge is -2.22. The van der Waals surface area contributed by atoms with Crippen LogP contribution in [0.5, 0.6) is 0 Å². The monoisotopic (exact) mass is 242 g/mol. The minimum atomic E-state index is -4.88. The van der Waals surface area contributed by atoms with Crippen molar-refractivity contribution in [2.45, 2.75) is 32.4 Å². The first-order valence-electron chi connectivity index (χ1n) is 5.99. The second kappa shape index (κ2) is 4.73. The number of benzene rings is 1. The highest BCUT2D eigenvalue weighted by molar-refractivity contribution is 6.73. The lowest BCUT2D eigenvalue weighted by atomic mass is 9.79. The summed E-state index contributed by atoms with van der Waals surface area (Å²) in [4.78, 5) is 2.24. The molecule has 1 heterocycles. The summed E-state index contributed by atoms with van der Waals surface area (Å²) in [6, 6.07) is 6.19. The van der Waals surface area contributed by atoms with Crippen LogP contribution >= 0.6 is 0 Å². The van der Waals surface area contributed by atoms with E-state index in [1.807, 2.05) is 0 Å². The molecule has 0 aliphatic carbocycles. The summed E-state index contributed by atoms with van der Waals surface area (Å²) in [6.07, 6.45) is 2.28. The van der Waals surface area contributed by atoms with E-state index in [4.69, 9.17) is 0 Å². The van der Waals surface area contributed by atoms with Gasteiger partial charge in [-0.3, -0.25) is 4.90 Å². The second-order valence-electron chi connectivity index (χ2n) is 4.78. The average Bonchev–Trinajstić information content (AvgIpc) is 2.64. The summed E-state index contributed by atoms with van der Waals surface area (Å²) in [5, 5.41) is 0. The Morgan fingerprint density at radius 1 is 1.35 bits per heavy atom. The third-order valence-electron chi connectivity index (χ3n) is 3.41. The number of halogens is 3. The predicted octanol–water partition coefficient (Wildman–Crippen LogP) is 2.73. The van der Waals surface area contributed by atoms with Crippen LogP contribution in [-0.4, -0.2) is 24.5 Å². The summed E-state index contributed by atoms with van der Waals surface area (Å²) in [7, 11) is 0. The molecule has 1 unspecified atom stereocenters. The molecular formula is C12H16BF3N-. The van der Waals surface area contributed by atoms with Crippen molar-refractivity contribution in [1.29, 1.82) is 0 Å². The number of nitrogens with zero attached hydrogens (tertiary/aromatic N) is 1. The molecule has 1 aromatic carbocycles. The molecule has 0 amide bonds. The number of hydrogen-bond donors (Lipinski definition) is 0. The van der Waals surface area contributed by atoms with Crippen LogP contribution in [0.3, 0.4) is 0 Å². The molecule has 1 aromatic rings. The van der Waals surface area contributed by atoms with Gasteiger partial charge in [0.2, 0.25) is 0 Å². The number of hydrogen-bond acceptors (Lipinski definition) is 1. The highest BCUT2D eigenvalue weighted by Crippen LogP contribution is 2.19. The van der Waals surface area contributed by atoms with E-state index in [1.54, 1.807) is 6.07 Å².